The van der Waals surface area contributed by atoms with Gasteiger partial charge in [-0.15, -0.1) is 0 Å². The van der Waals surface area contributed by atoms with Crippen molar-refractivity contribution in [3.8, 4) is 11.1 Å². The molecule has 1 atom stereocenters. The molecule has 0 aliphatic carbocycles. The van der Waals surface area contributed by atoms with Gasteiger partial charge in [-0.05, 0) is 72.7 Å². The van der Waals surface area contributed by atoms with Crippen LogP contribution < -0.4 is 11.1 Å². The number of carbonyl (C=O) groups excluding carboxylic acids is 2. The molecule has 6 nitrogen and oxygen atoms in total. The third-order valence-electron chi connectivity index (χ3n) is 6.33. The first-order chi connectivity index (χ1) is 15.4. The molecule has 2 amide bonds. The summed E-state index contributed by atoms with van der Waals surface area (Å²) in [6, 6.07) is 13.9. The van der Waals surface area contributed by atoms with E-state index in [0.29, 0.717) is 12.2 Å². The number of nitrogens with two attached hydrogens (primary N) is 1. The molecule has 0 spiro atoms. The van der Waals surface area contributed by atoms with E-state index in [1.807, 2.05) is 55.1 Å². The van der Waals surface area contributed by atoms with E-state index in [2.05, 4.69) is 16.4 Å². The van der Waals surface area contributed by atoms with E-state index in [1.165, 1.54) is 0 Å². The van der Waals surface area contributed by atoms with Crippen LogP contribution in [0.3, 0.4) is 0 Å². The molecule has 2 aromatic carbocycles. The van der Waals surface area contributed by atoms with Crippen LogP contribution in [0.25, 0.3) is 22.0 Å². The van der Waals surface area contributed by atoms with Gasteiger partial charge in [0.25, 0.3) is 5.91 Å². The van der Waals surface area contributed by atoms with E-state index in [4.69, 9.17) is 5.73 Å². The van der Waals surface area contributed by atoms with Crippen LogP contribution in [0.1, 0.15) is 41.3 Å². The lowest BCUT2D eigenvalue weighted by Gasteiger charge is -2.19. The van der Waals surface area contributed by atoms with Gasteiger partial charge in [-0.1, -0.05) is 25.1 Å². The summed E-state index contributed by atoms with van der Waals surface area (Å²) >= 11 is 0. The first kappa shape index (κ1) is 21.8. The van der Waals surface area contributed by atoms with Crippen molar-refractivity contribution >= 4 is 28.5 Å². The van der Waals surface area contributed by atoms with Crippen LogP contribution in [0.2, 0.25) is 0 Å². The largest absolute Gasteiger partial charge is 0.383 e. The summed E-state index contributed by atoms with van der Waals surface area (Å²) in [7, 11) is 1.64. The van der Waals surface area contributed by atoms with Crippen LogP contribution >= 0.6 is 0 Å². The Balaban J connectivity index is 1.76. The van der Waals surface area contributed by atoms with E-state index < -0.39 is 0 Å². The Hall–Kier alpha value is -3.41. The van der Waals surface area contributed by atoms with Crippen LogP contribution in [0.5, 0.6) is 0 Å². The van der Waals surface area contributed by atoms with Gasteiger partial charge in [-0.25, -0.2) is 4.98 Å². The number of hydrogen-bond donors (Lipinski definition) is 2. The van der Waals surface area contributed by atoms with E-state index in [-0.39, 0.29) is 17.7 Å². The lowest BCUT2D eigenvalue weighted by molar-refractivity contribution is -0.123. The number of carbonyl (C=O) groups is 2. The van der Waals surface area contributed by atoms with Gasteiger partial charge >= 0.3 is 0 Å². The second kappa shape index (κ2) is 8.99. The highest BCUT2D eigenvalue weighted by atomic mass is 16.2. The van der Waals surface area contributed by atoms with E-state index in [9.17, 15) is 9.59 Å². The van der Waals surface area contributed by atoms with Gasteiger partial charge < -0.3 is 16.0 Å². The highest BCUT2D eigenvalue weighted by Gasteiger charge is 2.23. The van der Waals surface area contributed by atoms with Gasteiger partial charge in [-0.2, -0.15) is 0 Å². The molecule has 0 saturated carbocycles. The number of nitrogen functional groups attached to an aromatic ring is 1. The molecule has 2 heterocycles. The van der Waals surface area contributed by atoms with Gasteiger partial charge in [0, 0.05) is 37.0 Å². The molecular weight excluding hydrogens is 400 g/mol. The van der Waals surface area contributed by atoms with Gasteiger partial charge in [0.05, 0.1) is 5.52 Å². The predicted molar refractivity (Wildman–Crippen MR) is 128 cm³/mol. The highest BCUT2D eigenvalue weighted by molar-refractivity contribution is 6.02. The molecule has 1 fully saturated rings. The molecule has 0 bridgehead atoms. The summed E-state index contributed by atoms with van der Waals surface area (Å²) < 4.78 is 0. The zero-order chi connectivity index (χ0) is 22.8. The van der Waals surface area contributed by atoms with E-state index in [1.54, 1.807) is 7.05 Å². The Bertz CT molecular complexity index is 1180. The summed E-state index contributed by atoms with van der Waals surface area (Å²) in [5, 5.41) is 3.63. The average Bonchev–Trinajstić information content (AvgIpc) is 3.33. The number of anilines is 1. The van der Waals surface area contributed by atoms with Gasteiger partial charge in [0.1, 0.15) is 5.82 Å². The van der Waals surface area contributed by atoms with Gasteiger partial charge in [0.15, 0.2) is 0 Å². The fourth-order valence-corrected chi connectivity index (χ4v) is 4.54. The first-order valence-corrected chi connectivity index (χ1v) is 11.2. The number of benzene rings is 2. The summed E-state index contributed by atoms with van der Waals surface area (Å²) in [4.78, 5) is 31.7. The predicted octanol–water partition coefficient (Wildman–Crippen LogP) is 3.95. The molecule has 1 unspecified atom stereocenters. The molecule has 3 aromatic rings. The number of amides is 2. The molecule has 6 heteroatoms. The van der Waals surface area contributed by atoms with Gasteiger partial charge in [-0.3, -0.25) is 9.59 Å². The van der Waals surface area contributed by atoms with Gasteiger partial charge in [0.2, 0.25) is 5.91 Å². The van der Waals surface area contributed by atoms with Crippen LogP contribution in [-0.4, -0.2) is 41.8 Å². The highest BCUT2D eigenvalue weighted by Crippen LogP contribution is 2.32. The second-order valence-corrected chi connectivity index (χ2v) is 8.66. The third-order valence-corrected chi connectivity index (χ3v) is 6.33. The Morgan fingerprint density at radius 2 is 1.91 bits per heavy atom. The quantitative estimate of drug-likeness (QED) is 0.641. The van der Waals surface area contributed by atoms with E-state index >= 15 is 0 Å². The summed E-state index contributed by atoms with van der Waals surface area (Å²) in [6.07, 6.45) is 2.64. The number of nitrogens with one attached hydrogen (secondary N) is 1. The minimum Gasteiger partial charge on any atom is -0.383 e. The molecule has 4 rings (SSSR count). The lowest BCUT2D eigenvalue weighted by Crippen LogP contribution is -2.28. The molecule has 1 aliphatic heterocycles. The number of fused-ring (bicyclic) bond motifs is 1. The zero-order valence-electron chi connectivity index (χ0n) is 18.9. The van der Waals surface area contributed by atoms with Crippen molar-refractivity contribution < 1.29 is 9.59 Å². The van der Waals surface area contributed by atoms with Crippen molar-refractivity contribution in [2.75, 3.05) is 25.9 Å². The second-order valence-electron chi connectivity index (χ2n) is 8.66. The fourth-order valence-electron chi connectivity index (χ4n) is 4.54. The maximum Gasteiger partial charge on any atom is 0.254 e. The smallest absolute Gasteiger partial charge is 0.254 e. The molecule has 32 heavy (non-hydrogen) atoms. The Morgan fingerprint density at radius 3 is 2.62 bits per heavy atom. The number of rotatable bonds is 5. The van der Waals surface area contributed by atoms with Crippen molar-refractivity contribution in [1.29, 1.82) is 0 Å². The Morgan fingerprint density at radius 1 is 1.16 bits per heavy atom. The van der Waals surface area contributed by atoms with Crippen LogP contribution in [0, 0.1) is 12.8 Å². The first-order valence-electron chi connectivity index (χ1n) is 11.2. The molecule has 1 aromatic heterocycles. The molecular formula is C26H30N4O2. The molecule has 1 saturated heterocycles. The molecule has 3 N–H and O–H groups in total. The summed E-state index contributed by atoms with van der Waals surface area (Å²) in [5.74, 6) is 0.313. The third kappa shape index (κ3) is 4.17. The van der Waals surface area contributed by atoms with Crippen LogP contribution in [0.4, 0.5) is 5.82 Å². The SMILES string of the molecule is CNC(=O)C(C)Cc1cc2cc(-c3c(C)cccc3C(=O)N3CCCC3)ccc2nc1N. The fraction of sp³-hybridized carbons (Fsp3) is 0.346. The number of aromatic nitrogens is 1. The topological polar surface area (TPSA) is 88.3 Å². The monoisotopic (exact) mass is 430 g/mol. The number of pyridine rings is 1. The number of nitrogens with zero attached hydrogens (tertiary/aromatic N) is 2. The Labute approximate surface area is 188 Å². The maximum atomic E-state index is 13.2. The number of hydrogen-bond acceptors (Lipinski definition) is 4. The average molecular weight is 431 g/mol. The number of likely N-dealkylation sites (tertiary alicyclic amines) is 1. The number of aryl methyl sites for hydroxylation is 1. The van der Waals surface area contributed by atoms with Crippen molar-refractivity contribution in [2.24, 2.45) is 5.92 Å². The zero-order valence-corrected chi connectivity index (χ0v) is 18.9. The van der Waals surface area contributed by atoms with Crippen LogP contribution in [0.15, 0.2) is 42.5 Å². The molecule has 1 aliphatic rings. The summed E-state index contributed by atoms with van der Waals surface area (Å²) in [5.41, 5.74) is 11.6. The van der Waals surface area contributed by atoms with Crippen molar-refractivity contribution in [2.45, 2.75) is 33.1 Å². The lowest BCUT2D eigenvalue weighted by atomic mass is 9.92. The minimum absolute atomic E-state index is 0.0248. The van der Waals surface area contributed by atoms with E-state index in [0.717, 1.165) is 64.7 Å². The van der Waals surface area contributed by atoms with Crippen molar-refractivity contribution in [3.05, 3.63) is 59.2 Å². The standard InChI is InChI=1S/C26H30N4O2/c1-16-7-6-8-21(26(32)30-11-4-5-12-30)23(16)18-9-10-22-19(14-18)15-20(24(27)29-22)13-17(2)25(31)28-3/h6-10,14-15,17H,4-5,11-13H2,1-3H3,(H2,27,29)(H,28,31). The maximum absolute atomic E-state index is 13.2. The van der Waals surface area contributed by atoms with Crippen LogP contribution in [-0.2, 0) is 11.2 Å². The normalized spacial score (nSPS) is 14.5. The molecule has 166 valence electrons. The minimum atomic E-state index is -0.203. The summed E-state index contributed by atoms with van der Waals surface area (Å²) in [6.45, 7) is 5.56. The van der Waals surface area contributed by atoms with Crippen molar-refractivity contribution in [1.82, 2.24) is 15.2 Å². The molecule has 0 radical (unpaired) electrons. The van der Waals surface area contributed by atoms with Crippen molar-refractivity contribution in [3.63, 3.8) is 0 Å². The Kier molecular flexibility index (Phi) is 6.12.